The van der Waals surface area contributed by atoms with Crippen LogP contribution in [-0.4, -0.2) is 31.6 Å². The lowest BCUT2D eigenvalue weighted by molar-refractivity contribution is -0.142. The van der Waals surface area contributed by atoms with Crippen molar-refractivity contribution in [1.82, 2.24) is 19.6 Å². The molecule has 2 aromatic rings. The fourth-order valence-electron chi connectivity index (χ4n) is 1.81. The molecule has 0 aliphatic rings. The van der Waals surface area contributed by atoms with E-state index in [0.717, 1.165) is 16.6 Å². The van der Waals surface area contributed by atoms with Crippen molar-refractivity contribution >= 4 is 11.6 Å². The number of amides is 1. The van der Waals surface area contributed by atoms with Crippen LogP contribution in [0.3, 0.4) is 0 Å². The molecule has 0 unspecified atom stereocenters. The number of nitrogens with zero attached hydrogens (tertiary/aromatic N) is 4. The van der Waals surface area contributed by atoms with Crippen molar-refractivity contribution in [3.05, 3.63) is 29.8 Å². The maximum atomic E-state index is 12.2. The maximum Gasteiger partial charge on any atom is 0.408 e. The van der Waals surface area contributed by atoms with E-state index in [2.05, 4.69) is 15.5 Å². The third-order valence-corrected chi connectivity index (χ3v) is 2.76. The number of aryl methyl sites for hydroxylation is 2. The van der Waals surface area contributed by atoms with Gasteiger partial charge in [-0.05, 0) is 12.5 Å². The summed E-state index contributed by atoms with van der Waals surface area (Å²) >= 11 is 0. The van der Waals surface area contributed by atoms with E-state index in [4.69, 9.17) is 0 Å². The number of hydrogen-bond donors (Lipinski definition) is 1. The molecule has 0 radical (unpaired) electrons. The Morgan fingerprint density at radius 3 is 2.71 bits per heavy atom. The third kappa shape index (κ3) is 3.83. The van der Waals surface area contributed by atoms with E-state index in [9.17, 15) is 18.0 Å². The van der Waals surface area contributed by atoms with Gasteiger partial charge in [0.15, 0.2) is 0 Å². The first-order valence-corrected chi connectivity index (χ1v) is 6.22. The van der Waals surface area contributed by atoms with Crippen molar-refractivity contribution in [3.8, 4) is 0 Å². The van der Waals surface area contributed by atoms with Crippen LogP contribution in [0.2, 0.25) is 0 Å². The molecular weight excluding hydrogens is 287 g/mol. The van der Waals surface area contributed by atoms with Crippen molar-refractivity contribution in [2.45, 2.75) is 26.1 Å². The molecule has 2 heterocycles. The summed E-state index contributed by atoms with van der Waals surface area (Å²) in [5.41, 5.74) is 1.29. The molecule has 0 bridgehead atoms. The normalized spacial score (nSPS) is 11.7. The van der Waals surface area contributed by atoms with Gasteiger partial charge in [-0.25, -0.2) is 0 Å². The fraction of sp³-hybridized carbons (Fsp3) is 0.417. The summed E-state index contributed by atoms with van der Waals surface area (Å²) < 4.78 is 38.8. The highest BCUT2D eigenvalue weighted by Gasteiger charge is 2.28. The smallest absolute Gasteiger partial charge is 0.318 e. The zero-order chi connectivity index (χ0) is 15.6. The zero-order valence-corrected chi connectivity index (χ0v) is 11.5. The Balaban J connectivity index is 2.07. The Morgan fingerprint density at radius 2 is 2.14 bits per heavy atom. The van der Waals surface area contributed by atoms with Gasteiger partial charge >= 0.3 is 6.18 Å². The number of anilines is 1. The number of nitrogens with one attached hydrogen (secondary N) is 1. The maximum absolute atomic E-state index is 12.2. The molecule has 6 nitrogen and oxygen atoms in total. The van der Waals surface area contributed by atoms with E-state index < -0.39 is 18.6 Å². The number of alkyl halides is 3. The van der Waals surface area contributed by atoms with E-state index in [1.54, 1.807) is 13.1 Å². The van der Waals surface area contributed by atoms with Gasteiger partial charge in [-0.1, -0.05) is 6.92 Å². The number of carbonyl (C=O) groups is 1. The largest absolute Gasteiger partial charge is 0.408 e. The van der Waals surface area contributed by atoms with E-state index >= 15 is 0 Å². The predicted octanol–water partition coefficient (Wildman–Crippen LogP) is 1.99. The first-order chi connectivity index (χ1) is 9.78. The van der Waals surface area contributed by atoms with Gasteiger partial charge in [-0.15, -0.1) is 0 Å². The second kappa shape index (κ2) is 5.58. The number of carbonyl (C=O) groups excluding carboxylic acids is 1. The first-order valence-electron chi connectivity index (χ1n) is 6.22. The Hall–Kier alpha value is -2.32. The second-order valence-electron chi connectivity index (χ2n) is 4.49. The highest BCUT2D eigenvalue weighted by molar-refractivity contribution is 6.02. The van der Waals surface area contributed by atoms with E-state index in [1.165, 1.54) is 10.9 Å². The summed E-state index contributed by atoms with van der Waals surface area (Å²) in [7, 11) is 1.63. The van der Waals surface area contributed by atoms with E-state index in [1.807, 2.05) is 6.92 Å². The molecule has 114 valence electrons. The molecule has 21 heavy (non-hydrogen) atoms. The van der Waals surface area contributed by atoms with Crippen LogP contribution in [0.4, 0.5) is 18.9 Å². The van der Waals surface area contributed by atoms with Crippen LogP contribution in [0, 0.1) is 0 Å². The van der Waals surface area contributed by atoms with Crippen LogP contribution in [0.15, 0.2) is 18.5 Å². The summed E-state index contributed by atoms with van der Waals surface area (Å²) in [6.07, 6.45) is -1.38. The van der Waals surface area contributed by atoms with Crippen LogP contribution in [-0.2, 0) is 20.0 Å². The summed E-state index contributed by atoms with van der Waals surface area (Å²) in [5.74, 6) is -0.448. The van der Waals surface area contributed by atoms with Crippen LogP contribution in [0.1, 0.15) is 23.1 Å². The molecule has 0 aliphatic carbocycles. The van der Waals surface area contributed by atoms with Crippen LogP contribution < -0.4 is 5.32 Å². The highest BCUT2D eigenvalue weighted by atomic mass is 19.4. The minimum absolute atomic E-state index is 0.198. The topological polar surface area (TPSA) is 64.7 Å². The average Bonchev–Trinajstić information content (AvgIpc) is 2.94. The number of aromatic nitrogens is 4. The van der Waals surface area contributed by atoms with Crippen LogP contribution >= 0.6 is 0 Å². The van der Waals surface area contributed by atoms with Gasteiger partial charge in [-0.2, -0.15) is 23.4 Å². The average molecular weight is 301 g/mol. The summed E-state index contributed by atoms with van der Waals surface area (Å²) in [5, 5.41) is 10.2. The molecule has 0 aromatic carbocycles. The minimum Gasteiger partial charge on any atom is -0.318 e. The SMILES string of the molecule is CCc1cc(C(=O)Nc2cnn(CC(F)(F)F)c2)n(C)n1. The minimum atomic E-state index is -4.36. The molecule has 1 N–H and O–H groups in total. The van der Waals surface area contributed by atoms with Gasteiger partial charge in [0.05, 0.1) is 17.6 Å². The monoisotopic (exact) mass is 301 g/mol. The van der Waals surface area contributed by atoms with Gasteiger partial charge < -0.3 is 5.32 Å². The van der Waals surface area contributed by atoms with Crippen molar-refractivity contribution in [2.75, 3.05) is 5.32 Å². The lowest BCUT2D eigenvalue weighted by Gasteiger charge is -2.05. The van der Waals surface area contributed by atoms with Gasteiger partial charge in [-0.3, -0.25) is 14.2 Å². The summed E-state index contributed by atoms with van der Waals surface area (Å²) in [4.78, 5) is 12.0. The molecule has 0 saturated heterocycles. The summed E-state index contributed by atoms with van der Waals surface area (Å²) in [6, 6.07) is 1.63. The molecule has 1 amide bonds. The standard InChI is InChI=1S/C12H14F3N5O/c1-3-8-4-10(19(2)18-8)11(21)17-9-5-16-20(6-9)7-12(13,14)15/h4-6H,3,7H2,1-2H3,(H,17,21). The number of rotatable bonds is 4. The van der Waals surface area contributed by atoms with Crippen molar-refractivity contribution in [1.29, 1.82) is 0 Å². The molecule has 2 rings (SSSR count). The Bertz CT molecular complexity index is 644. The molecule has 0 saturated carbocycles. The molecule has 0 atom stereocenters. The van der Waals surface area contributed by atoms with Gasteiger partial charge in [0.2, 0.25) is 0 Å². The van der Waals surface area contributed by atoms with Crippen molar-refractivity contribution < 1.29 is 18.0 Å². The molecule has 0 aliphatic heterocycles. The lowest BCUT2D eigenvalue weighted by atomic mass is 10.3. The quantitative estimate of drug-likeness (QED) is 0.939. The zero-order valence-electron chi connectivity index (χ0n) is 11.5. The Labute approximate surface area is 118 Å². The van der Waals surface area contributed by atoms with Crippen LogP contribution in [0.25, 0.3) is 0 Å². The van der Waals surface area contributed by atoms with Gasteiger partial charge in [0.1, 0.15) is 12.2 Å². The van der Waals surface area contributed by atoms with Gasteiger partial charge in [0, 0.05) is 13.2 Å². The lowest BCUT2D eigenvalue weighted by Crippen LogP contribution is -2.18. The fourth-order valence-corrected chi connectivity index (χ4v) is 1.81. The van der Waals surface area contributed by atoms with Crippen molar-refractivity contribution in [2.24, 2.45) is 7.05 Å². The number of hydrogen-bond acceptors (Lipinski definition) is 3. The predicted molar refractivity (Wildman–Crippen MR) is 68.8 cm³/mol. The second-order valence-corrected chi connectivity index (χ2v) is 4.49. The molecule has 2 aromatic heterocycles. The molecule has 0 fully saturated rings. The van der Waals surface area contributed by atoms with E-state index in [-0.39, 0.29) is 5.69 Å². The Kier molecular flexibility index (Phi) is 4.01. The molecular formula is C12H14F3N5O. The van der Waals surface area contributed by atoms with E-state index in [0.29, 0.717) is 12.1 Å². The Morgan fingerprint density at radius 1 is 1.43 bits per heavy atom. The van der Waals surface area contributed by atoms with Crippen molar-refractivity contribution in [3.63, 3.8) is 0 Å². The highest BCUT2D eigenvalue weighted by Crippen LogP contribution is 2.18. The van der Waals surface area contributed by atoms with Gasteiger partial charge in [0.25, 0.3) is 5.91 Å². The summed E-state index contributed by atoms with van der Waals surface area (Å²) in [6.45, 7) is 0.708. The first kappa shape index (κ1) is 15.1. The molecule has 0 spiro atoms. The molecule has 9 heteroatoms. The number of halogens is 3. The van der Waals surface area contributed by atoms with Crippen LogP contribution in [0.5, 0.6) is 0 Å². The third-order valence-electron chi connectivity index (χ3n) is 2.76.